The molecule has 0 aromatic carbocycles. The van der Waals surface area contributed by atoms with Crippen LogP contribution >= 0.6 is 11.3 Å². The molecule has 4 rings (SSSR count). The van der Waals surface area contributed by atoms with Crippen LogP contribution in [0, 0.1) is 6.92 Å². The summed E-state index contributed by atoms with van der Waals surface area (Å²) in [6.45, 7) is 3.73. The number of fused-ring (bicyclic) bond motifs is 1. The maximum Gasteiger partial charge on any atom is 0.223 e. The molecule has 1 aliphatic heterocycles. The summed E-state index contributed by atoms with van der Waals surface area (Å²) >= 11 is 1.66. The molecular formula is C13H15N5OS. The molecule has 0 bridgehead atoms. The van der Waals surface area contributed by atoms with E-state index in [9.17, 15) is 0 Å². The molecule has 3 aromatic heterocycles. The van der Waals surface area contributed by atoms with E-state index >= 15 is 0 Å². The molecule has 20 heavy (non-hydrogen) atoms. The van der Waals surface area contributed by atoms with Crippen LogP contribution in [0.15, 0.2) is 22.3 Å². The Bertz CT molecular complexity index is 701. The topological polar surface area (TPSA) is 59.5 Å². The summed E-state index contributed by atoms with van der Waals surface area (Å²) < 4.78 is 7.18. The monoisotopic (exact) mass is 289 g/mol. The van der Waals surface area contributed by atoms with Crippen molar-refractivity contribution in [2.24, 2.45) is 0 Å². The fourth-order valence-corrected chi connectivity index (χ4v) is 3.54. The largest absolute Gasteiger partial charge is 0.340 e. The number of hydrogen-bond acceptors (Lipinski definition) is 6. The van der Waals surface area contributed by atoms with Gasteiger partial charge < -0.3 is 4.52 Å². The fourth-order valence-electron chi connectivity index (χ4n) is 2.82. The van der Waals surface area contributed by atoms with Gasteiger partial charge in [0.05, 0.1) is 11.7 Å². The second-order valence-electron chi connectivity index (χ2n) is 5.13. The summed E-state index contributed by atoms with van der Waals surface area (Å²) in [7, 11) is 0. The van der Waals surface area contributed by atoms with E-state index in [0.29, 0.717) is 5.89 Å². The van der Waals surface area contributed by atoms with Crippen LogP contribution in [0.5, 0.6) is 0 Å². The van der Waals surface area contributed by atoms with E-state index in [-0.39, 0.29) is 6.04 Å². The number of rotatable bonds is 3. The second kappa shape index (κ2) is 4.68. The van der Waals surface area contributed by atoms with Crippen LogP contribution in [-0.4, -0.2) is 31.0 Å². The normalized spacial score (nSPS) is 20.1. The first-order chi connectivity index (χ1) is 9.79. The number of aromatic nitrogens is 4. The third kappa shape index (κ3) is 2.03. The van der Waals surface area contributed by atoms with E-state index in [2.05, 4.69) is 30.6 Å². The van der Waals surface area contributed by atoms with E-state index in [1.807, 2.05) is 18.5 Å². The van der Waals surface area contributed by atoms with Crippen LogP contribution in [0.25, 0.3) is 4.96 Å². The van der Waals surface area contributed by atoms with Gasteiger partial charge in [-0.05, 0) is 19.4 Å². The Morgan fingerprint density at radius 3 is 3.20 bits per heavy atom. The number of nitrogens with zero attached hydrogens (tertiary/aromatic N) is 5. The lowest BCUT2D eigenvalue weighted by Gasteiger charge is -2.20. The first-order valence-electron chi connectivity index (χ1n) is 6.75. The van der Waals surface area contributed by atoms with Crippen molar-refractivity contribution < 1.29 is 4.52 Å². The smallest absolute Gasteiger partial charge is 0.223 e. The molecule has 104 valence electrons. The van der Waals surface area contributed by atoms with Gasteiger partial charge in [-0.3, -0.25) is 9.30 Å². The van der Waals surface area contributed by atoms with Crippen LogP contribution in [0.2, 0.25) is 0 Å². The fraction of sp³-hybridized carbons (Fsp3) is 0.462. The highest BCUT2D eigenvalue weighted by Gasteiger charge is 2.30. The van der Waals surface area contributed by atoms with Crippen molar-refractivity contribution >= 4 is 16.3 Å². The summed E-state index contributed by atoms with van der Waals surface area (Å²) in [6, 6.07) is 0.257. The van der Waals surface area contributed by atoms with Gasteiger partial charge >= 0.3 is 0 Å². The average Bonchev–Trinajstić information content (AvgIpc) is 3.12. The predicted octanol–water partition coefficient (Wildman–Crippen LogP) is 2.42. The van der Waals surface area contributed by atoms with Gasteiger partial charge in [0.15, 0.2) is 10.8 Å². The molecule has 1 atom stereocenters. The molecule has 4 heterocycles. The Balaban J connectivity index is 1.56. The van der Waals surface area contributed by atoms with Crippen LogP contribution in [0.1, 0.15) is 36.3 Å². The Kier molecular flexibility index (Phi) is 2.82. The summed E-state index contributed by atoms with van der Waals surface area (Å²) in [5, 5.41) is 6.12. The molecule has 0 spiro atoms. The van der Waals surface area contributed by atoms with Crippen molar-refractivity contribution in [3.05, 3.63) is 35.2 Å². The lowest BCUT2D eigenvalue weighted by molar-refractivity contribution is 0.232. The zero-order valence-corrected chi connectivity index (χ0v) is 12.0. The summed E-state index contributed by atoms with van der Waals surface area (Å²) in [5.74, 6) is 1.44. The van der Waals surface area contributed by atoms with Gasteiger partial charge in [0, 0.05) is 31.2 Å². The average molecular weight is 289 g/mol. The summed E-state index contributed by atoms with van der Waals surface area (Å²) in [4.78, 5) is 12.5. The minimum atomic E-state index is 0.257. The second-order valence-corrected chi connectivity index (χ2v) is 6.00. The molecule has 0 N–H and O–H groups in total. The number of aryl methyl sites for hydroxylation is 1. The highest BCUT2D eigenvalue weighted by molar-refractivity contribution is 7.15. The molecule has 0 saturated carbocycles. The SMILES string of the molecule is Cc1nc(C2CCCN2Cc2cn3ccsc3n2)no1. The molecule has 6 nitrogen and oxygen atoms in total. The minimum Gasteiger partial charge on any atom is -0.340 e. The van der Waals surface area contributed by atoms with Gasteiger partial charge in [-0.25, -0.2) is 4.98 Å². The van der Waals surface area contributed by atoms with E-state index < -0.39 is 0 Å². The van der Waals surface area contributed by atoms with Crippen LogP contribution < -0.4 is 0 Å². The van der Waals surface area contributed by atoms with Gasteiger partial charge in [-0.2, -0.15) is 4.98 Å². The van der Waals surface area contributed by atoms with Crippen LogP contribution in [0.4, 0.5) is 0 Å². The third-order valence-electron chi connectivity index (χ3n) is 3.71. The number of thiazole rings is 1. The van der Waals surface area contributed by atoms with Crippen LogP contribution in [0.3, 0.4) is 0 Å². The molecule has 1 saturated heterocycles. The van der Waals surface area contributed by atoms with Crippen LogP contribution in [-0.2, 0) is 6.54 Å². The number of hydrogen-bond donors (Lipinski definition) is 0. The van der Waals surface area contributed by atoms with Gasteiger partial charge in [0.25, 0.3) is 0 Å². The minimum absolute atomic E-state index is 0.257. The molecular weight excluding hydrogens is 274 g/mol. The lowest BCUT2D eigenvalue weighted by atomic mass is 10.2. The predicted molar refractivity (Wildman–Crippen MR) is 74.5 cm³/mol. The van der Waals surface area contributed by atoms with Crippen molar-refractivity contribution in [2.75, 3.05) is 6.54 Å². The standard InChI is InChI=1S/C13H15N5OS/c1-9-14-12(16-19-9)11-3-2-4-17(11)7-10-8-18-5-6-20-13(18)15-10/h5-6,8,11H,2-4,7H2,1H3. The summed E-state index contributed by atoms with van der Waals surface area (Å²) in [5.41, 5.74) is 1.10. The maximum absolute atomic E-state index is 5.11. The molecule has 1 fully saturated rings. The van der Waals surface area contributed by atoms with Gasteiger partial charge in [0.2, 0.25) is 5.89 Å². The highest BCUT2D eigenvalue weighted by Crippen LogP contribution is 2.31. The van der Waals surface area contributed by atoms with Crippen molar-refractivity contribution in [3.8, 4) is 0 Å². The highest BCUT2D eigenvalue weighted by atomic mass is 32.1. The van der Waals surface area contributed by atoms with Gasteiger partial charge in [-0.15, -0.1) is 11.3 Å². The Morgan fingerprint density at radius 1 is 1.45 bits per heavy atom. The molecule has 0 aliphatic carbocycles. The molecule has 0 radical (unpaired) electrons. The van der Waals surface area contributed by atoms with E-state index in [0.717, 1.165) is 36.0 Å². The Hall–Kier alpha value is -1.73. The Labute approximate surface area is 120 Å². The lowest BCUT2D eigenvalue weighted by Crippen LogP contribution is -2.23. The first-order valence-corrected chi connectivity index (χ1v) is 7.63. The van der Waals surface area contributed by atoms with E-state index in [1.54, 1.807) is 11.3 Å². The first kappa shape index (κ1) is 12.0. The van der Waals surface area contributed by atoms with Crippen molar-refractivity contribution in [1.82, 2.24) is 24.4 Å². The van der Waals surface area contributed by atoms with E-state index in [4.69, 9.17) is 4.52 Å². The molecule has 1 aliphatic rings. The zero-order chi connectivity index (χ0) is 13.5. The molecule has 0 amide bonds. The van der Waals surface area contributed by atoms with Crippen molar-refractivity contribution in [3.63, 3.8) is 0 Å². The zero-order valence-electron chi connectivity index (χ0n) is 11.2. The maximum atomic E-state index is 5.11. The third-order valence-corrected chi connectivity index (χ3v) is 4.48. The van der Waals surface area contributed by atoms with E-state index in [1.165, 1.54) is 6.42 Å². The van der Waals surface area contributed by atoms with Gasteiger partial charge in [0.1, 0.15) is 0 Å². The molecule has 7 heteroatoms. The van der Waals surface area contributed by atoms with Gasteiger partial charge in [-0.1, -0.05) is 5.16 Å². The molecule has 1 unspecified atom stereocenters. The van der Waals surface area contributed by atoms with Crippen molar-refractivity contribution in [1.29, 1.82) is 0 Å². The number of likely N-dealkylation sites (tertiary alicyclic amines) is 1. The van der Waals surface area contributed by atoms with Crippen molar-refractivity contribution in [2.45, 2.75) is 32.4 Å². The number of imidazole rings is 1. The quantitative estimate of drug-likeness (QED) is 0.741. The summed E-state index contributed by atoms with van der Waals surface area (Å²) in [6.07, 6.45) is 6.39. The molecule has 3 aromatic rings. The Morgan fingerprint density at radius 2 is 2.40 bits per heavy atom.